The number of rotatable bonds is 18. The van der Waals surface area contributed by atoms with Crippen molar-refractivity contribution in [3.05, 3.63) is 12.2 Å². The van der Waals surface area contributed by atoms with E-state index in [9.17, 15) is 9.59 Å². The number of ether oxygens (including phenoxy) is 1. The van der Waals surface area contributed by atoms with Gasteiger partial charge in [0.05, 0.1) is 0 Å². The zero-order valence-electron chi connectivity index (χ0n) is 16.8. The molecule has 0 aromatic rings. The molecule has 5 nitrogen and oxygen atoms in total. The zero-order valence-corrected chi connectivity index (χ0v) is 16.8. The van der Waals surface area contributed by atoms with Gasteiger partial charge in [-0.3, -0.25) is 4.79 Å². The monoisotopic (exact) mass is 368 g/mol. The summed E-state index contributed by atoms with van der Waals surface area (Å²) in [5, 5.41) is 2.60. The van der Waals surface area contributed by atoms with Crippen molar-refractivity contribution in [3.63, 3.8) is 0 Å². The summed E-state index contributed by atoms with van der Waals surface area (Å²) >= 11 is 0. The number of amides is 2. The van der Waals surface area contributed by atoms with Crippen molar-refractivity contribution < 1.29 is 14.3 Å². The van der Waals surface area contributed by atoms with E-state index in [1.165, 1.54) is 64.2 Å². The maximum atomic E-state index is 11.2. The fourth-order valence-electron chi connectivity index (χ4n) is 2.75. The number of carbonyl (C=O) groups excluding carboxylic acids is 2. The summed E-state index contributed by atoms with van der Waals surface area (Å²) in [6, 6.07) is 0. The Morgan fingerprint density at radius 1 is 0.808 bits per heavy atom. The van der Waals surface area contributed by atoms with Crippen molar-refractivity contribution in [2.45, 2.75) is 96.8 Å². The predicted octanol–water partition coefficient (Wildman–Crippen LogP) is 5.24. The molecule has 0 fully saturated rings. The normalized spacial score (nSPS) is 11.0. The highest BCUT2D eigenvalue weighted by atomic mass is 16.6. The van der Waals surface area contributed by atoms with E-state index in [-0.39, 0.29) is 6.61 Å². The Kier molecular flexibility index (Phi) is 18.6. The van der Waals surface area contributed by atoms with Crippen LogP contribution in [0.15, 0.2) is 12.2 Å². The van der Waals surface area contributed by atoms with Crippen molar-refractivity contribution in [1.82, 2.24) is 5.32 Å². The Hall–Kier alpha value is -1.52. The van der Waals surface area contributed by atoms with Gasteiger partial charge in [-0.1, -0.05) is 76.9 Å². The largest absolute Gasteiger partial charge is 0.439 e. The van der Waals surface area contributed by atoms with Crippen molar-refractivity contribution >= 4 is 12.0 Å². The summed E-state index contributed by atoms with van der Waals surface area (Å²) in [6.45, 7) is 2.47. The van der Waals surface area contributed by atoms with Crippen LogP contribution in [0.2, 0.25) is 0 Å². The molecule has 0 bridgehead atoms. The molecule has 0 aromatic heterocycles. The number of hydrogen-bond acceptors (Lipinski definition) is 3. The summed E-state index contributed by atoms with van der Waals surface area (Å²) in [5.41, 5.74) is 4.89. The number of nitrogens with one attached hydrogen (secondary N) is 1. The van der Waals surface area contributed by atoms with Gasteiger partial charge in [0.15, 0.2) is 6.61 Å². The predicted molar refractivity (Wildman–Crippen MR) is 108 cm³/mol. The van der Waals surface area contributed by atoms with E-state index in [1.54, 1.807) is 0 Å². The molecular formula is C21H40N2O3. The first-order valence-corrected chi connectivity index (χ1v) is 10.5. The van der Waals surface area contributed by atoms with E-state index >= 15 is 0 Å². The van der Waals surface area contributed by atoms with Gasteiger partial charge in [-0.05, 0) is 32.1 Å². The summed E-state index contributed by atoms with van der Waals surface area (Å²) in [4.78, 5) is 21.6. The van der Waals surface area contributed by atoms with Gasteiger partial charge in [-0.25, -0.2) is 4.79 Å². The van der Waals surface area contributed by atoms with Gasteiger partial charge in [0.1, 0.15) is 0 Å². The van der Waals surface area contributed by atoms with E-state index in [1.807, 2.05) is 0 Å². The molecule has 0 spiro atoms. The van der Waals surface area contributed by atoms with Gasteiger partial charge < -0.3 is 15.8 Å². The smallest absolute Gasteiger partial charge is 0.407 e. The molecule has 0 atom stereocenters. The van der Waals surface area contributed by atoms with Gasteiger partial charge in [-0.15, -0.1) is 0 Å². The number of carbonyl (C=O) groups is 2. The highest BCUT2D eigenvalue weighted by Gasteiger charge is 2.02. The minimum Gasteiger partial charge on any atom is -0.439 e. The van der Waals surface area contributed by atoms with Gasteiger partial charge in [0, 0.05) is 6.54 Å². The van der Waals surface area contributed by atoms with Crippen molar-refractivity contribution in [3.8, 4) is 0 Å². The van der Waals surface area contributed by atoms with Crippen LogP contribution in [0.1, 0.15) is 96.8 Å². The highest BCUT2D eigenvalue weighted by molar-refractivity contribution is 5.78. The maximum absolute atomic E-state index is 11.2. The third-order valence-electron chi connectivity index (χ3n) is 4.30. The molecule has 0 saturated heterocycles. The lowest BCUT2D eigenvalue weighted by Gasteiger charge is -2.04. The number of unbranched alkanes of at least 4 members (excludes halogenated alkanes) is 12. The van der Waals surface area contributed by atoms with E-state index in [0.29, 0.717) is 6.54 Å². The molecule has 0 unspecified atom stereocenters. The van der Waals surface area contributed by atoms with Gasteiger partial charge in [-0.2, -0.15) is 0 Å². The van der Waals surface area contributed by atoms with Gasteiger partial charge >= 0.3 is 6.09 Å². The van der Waals surface area contributed by atoms with Gasteiger partial charge in [0.2, 0.25) is 0 Å². The van der Waals surface area contributed by atoms with E-state index in [2.05, 4.69) is 29.1 Å². The van der Waals surface area contributed by atoms with Crippen LogP contribution in [0.25, 0.3) is 0 Å². The first-order valence-electron chi connectivity index (χ1n) is 10.5. The second-order valence-corrected chi connectivity index (χ2v) is 6.91. The quantitative estimate of drug-likeness (QED) is 0.256. The lowest BCUT2D eigenvalue weighted by molar-refractivity contribution is -0.120. The van der Waals surface area contributed by atoms with Crippen LogP contribution in [-0.2, 0) is 9.53 Å². The second kappa shape index (κ2) is 19.8. The number of primary amides is 1. The Bertz CT molecular complexity index is 370. The van der Waals surface area contributed by atoms with Crippen LogP contribution >= 0.6 is 0 Å². The minimum atomic E-state index is -0.644. The Labute approximate surface area is 160 Å². The van der Waals surface area contributed by atoms with E-state index in [0.717, 1.165) is 25.7 Å². The fourth-order valence-corrected chi connectivity index (χ4v) is 2.75. The molecule has 0 saturated carbocycles. The molecule has 152 valence electrons. The zero-order chi connectivity index (χ0) is 19.3. The van der Waals surface area contributed by atoms with Gasteiger partial charge in [0.25, 0.3) is 5.91 Å². The van der Waals surface area contributed by atoms with E-state index < -0.39 is 12.0 Å². The molecule has 0 heterocycles. The molecule has 0 aliphatic rings. The van der Waals surface area contributed by atoms with Crippen LogP contribution in [-0.4, -0.2) is 25.2 Å². The Morgan fingerprint density at radius 2 is 1.31 bits per heavy atom. The lowest BCUT2D eigenvalue weighted by atomic mass is 10.1. The third-order valence-corrected chi connectivity index (χ3v) is 4.30. The van der Waals surface area contributed by atoms with Crippen LogP contribution in [0, 0.1) is 0 Å². The molecule has 0 aliphatic heterocycles. The SMILES string of the molecule is CCCCCCCCCCC/C=C\CCCCCNC(=O)OCC(N)=O. The topological polar surface area (TPSA) is 81.4 Å². The van der Waals surface area contributed by atoms with Crippen LogP contribution in [0.4, 0.5) is 4.79 Å². The van der Waals surface area contributed by atoms with Crippen LogP contribution in [0.5, 0.6) is 0 Å². The summed E-state index contributed by atoms with van der Waals surface area (Å²) < 4.78 is 4.60. The maximum Gasteiger partial charge on any atom is 0.407 e. The third kappa shape index (κ3) is 20.5. The molecule has 26 heavy (non-hydrogen) atoms. The number of nitrogens with two attached hydrogens (primary N) is 1. The van der Waals surface area contributed by atoms with Crippen molar-refractivity contribution in [2.75, 3.05) is 13.2 Å². The molecule has 5 heteroatoms. The van der Waals surface area contributed by atoms with Crippen LogP contribution < -0.4 is 11.1 Å². The van der Waals surface area contributed by atoms with Crippen molar-refractivity contribution in [2.24, 2.45) is 5.73 Å². The second-order valence-electron chi connectivity index (χ2n) is 6.91. The summed E-state index contributed by atoms with van der Waals surface area (Å²) in [6.07, 6.45) is 21.8. The average Bonchev–Trinajstić information content (AvgIpc) is 2.62. The molecule has 0 aliphatic carbocycles. The average molecular weight is 369 g/mol. The summed E-state index contributed by atoms with van der Waals surface area (Å²) in [7, 11) is 0. The Balaban J connectivity index is 3.19. The summed E-state index contributed by atoms with van der Waals surface area (Å²) in [5.74, 6) is -0.644. The molecule has 2 amide bonds. The molecular weight excluding hydrogens is 328 g/mol. The fraction of sp³-hybridized carbons (Fsp3) is 0.810. The molecule has 0 radical (unpaired) electrons. The number of alkyl carbamates (subject to hydrolysis) is 1. The number of hydrogen-bond donors (Lipinski definition) is 2. The molecule has 3 N–H and O–H groups in total. The first kappa shape index (κ1) is 24.5. The molecule has 0 rings (SSSR count). The molecule has 0 aromatic carbocycles. The highest BCUT2D eigenvalue weighted by Crippen LogP contribution is 2.11. The van der Waals surface area contributed by atoms with Crippen molar-refractivity contribution in [1.29, 1.82) is 0 Å². The lowest BCUT2D eigenvalue weighted by Crippen LogP contribution is -2.29. The first-order chi connectivity index (χ1) is 12.7. The standard InChI is InChI=1S/C21H40N2O3/c1-2-3-4-5-6-7-8-9-10-11-12-13-14-15-16-17-18-23-21(25)26-19-20(22)24/h12-13H,2-11,14-19H2,1H3,(H2,22,24)(H,23,25)/b13-12-. The Morgan fingerprint density at radius 3 is 1.85 bits per heavy atom. The van der Waals surface area contributed by atoms with E-state index in [4.69, 9.17) is 5.73 Å². The van der Waals surface area contributed by atoms with Crippen LogP contribution in [0.3, 0.4) is 0 Å². The minimum absolute atomic E-state index is 0.365. The number of allylic oxidation sites excluding steroid dienone is 2.